The van der Waals surface area contributed by atoms with Crippen LogP contribution in [0.15, 0.2) is 12.4 Å². The van der Waals surface area contributed by atoms with Gasteiger partial charge in [-0.05, 0) is 18.3 Å². The van der Waals surface area contributed by atoms with Gasteiger partial charge in [0.25, 0.3) is 0 Å². The summed E-state index contributed by atoms with van der Waals surface area (Å²) in [5.41, 5.74) is 0.476. The molecule has 1 aromatic rings. The van der Waals surface area contributed by atoms with Gasteiger partial charge in [-0.15, -0.1) is 0 Å². The van der Waals surface area contributed by atoms with Gasteiger partial charge in [-0.25, -0.2) is 9.97 Å². The zero-order valence-corrected chi connectivity index (χ0v) is 9.17. The minimum absolute atomic E-state index is 0.476. The molecule has 0 bridgehead atoms. The molecule has 1 aliphatic carbocycles. The molecule has 0 radical (unpaired) electrons. The lowest BCUT2D eigenvalue weighted by Crippen LogP contribution is -2.41. The van der Waals surface area contributed by atoms with E-state index < -0.39 is 0 Å². The van der Waals surface area contributed by atoms with Gasteiger partial charge in [0.2, 0.25) is 5.95 Å². The maximum atomic E-state index is 5.69. The molecule has 1 aliphatic rings. The number of halogens is 1. The number of hydrogen-bond acceptors (Lipinski definition) is 3. The molecule has 1 fully saturated rings. The number of rotatable bonds is 2. The molecule has 14 heavy (non-hydrogen) atoms. The quantitative estimate of drug-likeness (QED) is 0.818. The van der Waals surface area contributed by atoms with Crippen LogP contribution in [0.1, 0.15) is 26.7 Å². The fraction of sp³-hybridized carbons (Fsp3) is 0.600. The topological polar surface area (TPSA) is 37.8 Å². The zero-order valence-electron chi connectivity index (χ0n) is 8.42. The van der Waals surface area contributed by atoms with Gasteiger partial charge in [0, 0.05) is 6.04 Å². The zero-order chi connectivity index (χ0) is 10.2. The van der Waals surface area contributed by atoms with Crippen molar-refractivity contribution in [2.24, 2.45) is 5.41 Å². The average Bonchev–Trinajstić information content (AvgIpc) is 2.06. The van der Waals surface area contributed by atoms with Crippen LogP contribution in [0.3, 0.4) is 0 Å². The van der Waals surface area contributed by atoms with Gasteiger partial charge in [0.1, 0.15) is 0 Å². The van der Waals surface area contributed by atoms with Crippen molar-refractivity contribution in [2.75, 3.05) is 5.32 Å². The highest BCUT2D eigenvalue weighted by Gasteiger charge is 2.36. The van der Waals surface area contributed by atoms with E-state index in [9.17, 15) is 0 Å². The van der Waals surface area contributed by atoms with Crippen molar-refractivity contribution >= 4 is 17.5 Å². The van der Waals surface area contributed by atoms with Crippen LogP contribution in [0, 0.1) is 5.41 Å². The summed E-state index contributed by atoms with van der Waals surface area (Å²) in [6.45, 7) is 4.54. The molecule has 0 unspecified atom stereocenters. The van der Waals surface area contributed by atoms with Crippen LogP contribution in [0.25, 0.3) is 0 Å². The van der Waals surface area contributed by atoms with Crippen molar-refractivity contribution in [3.05, 3.63) is 17.4 Å². The average molecular weight is 212 g/mol. The van der Waals surface area contributed by atoms with E-state index in [-0.39, 0.29) is 0 Å². The van der Waals surface area contributed by atoms with Crippen LogP contribution in [-0.4, -0.2) is 16.0 Å². The summed E-state index contributed by atoms with van der Waals surface area (Å²) in [6.07, 6.45) is 5.58. The summed E-state index contributed by atoms with van der Waals surface area (Å²) >= 11 is 5.69. The normalized spacial score (nSPS) is 20.2. The van der Waals surface area contributed by atoms with Gasteiger partial charge in [0.05, 0.1) is 17.4 Å². The van der Waals surface area contributed by atoms with E-state index in [2.05, 4.69) is 29.1 Å². The van der Waals surface area contributed by atoms with Crippen molar-refractivity contribution in [3.63, 3.8) is 0 Å². The first kappa shape index (κ1) is 9.71. The Morgan fingerprint density at radius 2 is 1.93 bits per heavy atom. The van der Waals surface area contributed by atoms with E-state index in [0.717, 1.165) is 0 Å². The first-order valence-electron chi connectivity index (χ1n) is 4.79. The first-order valence-corrected chi connectivity index (χ1v) is 5.17. The fourth-order valence-electron chi connectivity index (χ4n) is 1.95. The fourth-order valence-corrected chi connectivity index (χ4v) is 2.04. The molecule has 0 aromatic carbocycles. The molecule has 1 heterocycles. The van der Waals surface area contributed by atoms with Crippen LogP contribution < -0.4 is 5.32 Å². The predicted octanol–water partition coefficient (Wildman–Crippen LogP) is 2.73. The number of nitrogens with zero attached hydrogens (tertiary/aromatic N) is 2. The molecule has 2 rings (SSSR count). The molecule has 76 valence electrons. The maximum absolute atomic E-state index is 5.69. The largest absolute Gasteiger partial charge is 0.351 e. The molecule has 0 atom stereocenters. The molecule has 1 aromatic heterocycles. The molecule has 0 aliphatic heterocycles. The second kappa shape index (κ2) is 3.39. The summed E-state index contributed by atoms with van der Waals surface area (Å²) < 4.78 is 0. The highest BCUT2D eigenvalue weighted by molar-refractivity contribution is 6.30. The highest BCUT2D eigenvalue weighted by atomic mass is 35.5. The Balaban J connectivity index is 1.90. The van der Waals surface area contributed by atoms with Gasteiger partial charge >= 0.3 is 0 Å². The van der Waals surface area contributed by atoms with Crippen LogP contribution >= 0.6 is 11.6 Å². The lowest BCUT2D eigenvalue weighted by atomic mass is 9.68. The van der Waals surface area contributed by atoms with E-state index in [1.165, 1.54) is 12.8 Å². The van der Waals surface area contributed by atoms with Crippen LogP contribution in [-0.2, 0) is 0 Å². The van der Waals surface area contributed by atoms with E-state index in [1.807, 2.05) is 0 Å². The third-order valence-corrected chi connectivity index (χ3v) is 2.75. The van der Waals surface area contributed by atoms with Gasteiger partial charge in [-0.3, -0.25) is 0 Å². The molecular formula is C10H14ClN3. The van der Waals surface area contributed by atoms with Gasteiger partial charge < -0.3 is 5.32 Å². The van der Waals surface area contributed by atoms with E-state index in [4.69, 9.17) is 11.6 Å². The minimum Gasteiger partial charge on any atom is -0.351 e. The molecule has 3 nitrogen and oxygen atoms in total. The number of anilines is 1. The molecule has 1 saturated carbocycles. The third-order valence-electron chi connectivity index (χ3n) is 2.55. The minimum atomic E-state index is 0.476. The number of nitrogens with one attached hydrogen (secondary N) is 1. The van der Waals surface area contributed by atoms with E-state index >= 15 is 0 Å². The van der Waals surface area contributed by atoms with Crippen LogP contribution in [0.2, 0.25) is 5.02 Å². The van der Waals surface area contributed by atoms with Crippen molar-refractivity contribution in [3.8, 4) is 0 Å². The molecular weight excluding hydrogens is 198 g/mol. The number of aromatic nitrogens is 2. The van der Waals surface area contributed by atoms with E-state index in [0.29, 0.717) is 22.4 Å². The Morgan fingerprint density at radius 1 is 1.36 bits per heavy atom. The van der Waals surface area contributed by atoms with Crippen molar-refractivity contribution in [2.45, 2.75) is 32.7 Å². The second-order valence-electron chi connectivity index (χ2n) is 4.64. The van der Waals surface area contributed by atoms with Crippen LogP contribution in [0.4, 0.5) is 5.95 Å². The molecule has 1 N–H and O–H groups in total. The van der Waals surface area contributed by atoms with Gasteiger partial charge in [0.15, 0.2) is 0 Å². The third kappa shape index (κ3) is 2.15. The number of hydrogen-bond donors (Lipinski definition) is 1. The summed E-state index contributed by atoms with van der Waals surface area (Å²) in [7, 11) is 0. The lowest BCUT2D eigenvalue weighted by molar-refractivity contribution is 0.167. The predicted molar refractivity (Wildman–Crippen MR) is 57.5 cm³/mol. The Labute approximate surface area is 88.9 Å². The van der Waals surface area contributed by atoms with Crippen molar-refractivity contribution in [1.82, 2.24) is 9.97 Å². The van der Waals surface area contributed by atoms with Crippen LogP contribution in [0.5, 0.6) is 0 Å². The maximum Gasteiger partial charge on any atom is 0.222 e. The monoisotopic (exact) mass is 211 g/mol. The Bertz CT molecular complexity index is 313. The SMILES string of the molecule is CC1(C)CC(Nc2ncc(Cl)cn2)C1. The van der Waals surface area contributed by atoms with Crippen molar-refractivity contribution < 1.29 is 0 Å². The lowest BCUT2D eigenvalue weighted by Gasteiger charge is -2.42. The second-order valence-corrected chi connectivity index (χ2v) is 5.08. The standard InChI is InChI=1S/C10H14ClN3/c1-10(2)3-8(4-10)14-9-12-5-7(11)6-13-9/h5-6,8H,3-4H2,1-2H3,(H,12,13,14). The Hall–Kier alpha value is -0.830. The van der Waals surface area contributed by atoms with Gasteiger partial charge in [-0.2, -0.15) is 0 Å². The molecule has 0 amide bonds. The van der Waals surface area contributed by atoms with E-state index in [1.54, 1.807) is 12.4 Å². The highest BCUT2D eigenvalue weighted by Crippen LogP contribution is 2.40. The summed E-state index contributed by atoms with van der Waals surface area (Å²) in [5, 5.41) is 3.85. The first-order chi connectivity index (χ1) is 6.55. The molecule has 4 heteroatoms. The molecule has 0 spiro atoms. The summed E-state index contributed by atoms with van der Waals surface area (Å²) in [5.74, 6) is 0.676. The summed E-state index contributed by atoms with van der Waals surface area (Å²) in [4.78, 5) is 8.19. The summed E-state index contributed by atoms with van der Waals surface area (Å²) in [6, 6.07) is 0.520. The van der Waals surface area contributed by atoms with Crippen molar-refractivity contribution in [1.29, 1.82) is 0 Å². The van der Waals surface area contributed by atoms with Gasteiger partial charge in [-0.1, -0.05) is 25.4 Å². The Morgan fingerprint density at radius 3 is 2.43 bits per heavy atom. The molecule has 0 saturated heterocycles. The Kier molecular flexibility index (Phi) is 2.35. The smallest absolute Gasteiger partial charge is 0.222 e.